The summed E-state index contributed by atoms with van der Waals surface area (Å²) in [5, 5.41) is 11.4. The highest BCUT2D eigenvalue weighted by Gasteiger charge is 2.25. The number of halogens is 1. The van der Waals surface area contributed by atoms with Crippen LogP contribution in [0.4, 0.5) is 4.39 Å². The second kappa shape index (κ2) is 7.21. The molecular formula is C16H19FN2O2. The monoisotopic (exact) mass is 290 g/mol. The number of carbonyl (C=O) groups is 1. The fourth-order valence-electron chi connectivity index (χ4n) is 2.24. The zero-order valence-corrected chi connectivity index (χ0v) is 12.0. The fraction of sp³-hybridized carbons (Fsp3) is 0.438. The molecule has 5 heteroatoms. The molecule has 1 aromatic rings. The zero-order chi connectivity index (χ0) is 15.2. The van der Waals surface area contributed by atoms with E-state index >= 15 is 0 Å². The SMILES string of the molecule is CC1C(=O)NCCN1Cc1ccc(C#CCCO)cc1F. The topological polar surface area (TPSA) is 52.6 Å². The van der Waals surface area contributed by atoms with Crippen molar-refractivity contribution in [1.29, 1.82) is 0 Å². The number of amides is 1. The molecule has 1 aromatic carbocycles. The molecule has 1 atom stereocenters. The Hall–Kier alpha value is -1.90. The van der Waals surface area contributed by atoms with Gasteiger partial charge in [-0.1, -0.05) is 17.9 Å². The van der Waals surface area contributed by atoms with E-state index in [4.69, 9.17) is 5.11 Å². The van der Waals surface area contributed by atoms with Crippen LogP contribution in [0.5, 0.6) is 0 Å². The van der Waals surface area contributed by atoms with Crippen molar-refractivity contribution in [3.05, 3.63) is 35.1 Å². The first kappa shape index (κ1) is 15.5. The van der Waals surface area contributed by atoms with Crippen molar-refractivity contribution in [2.45, 2.75) is 25.9 Å². The minimum atomic E-state index is -0.316. The number of benzene rings is 1. The van der Waals surface area contributed by atoms with E-state index in [0.29, 0.717) is 37.2 Å². The average Bonchev–Trinajstić information content (AvgIpc) is 2.47. The van der Waals surface area contributed by atoms with E-state index in [-0.39, 0.29) is 24.4 Å². The van der Waals surface area contributed by atoms with Crippen LogP contribution in [-0.2, 0) is 11.3 Å². The maximum atomic E-state index is 14.1. The number of aliphatic hydroxyl groups excluding tert-OH is 1. The summed E-state index contributed by atoms with van der Waals surface area (Å²) in [4.78, 5) is 13.5. The lowest BCUT2D eigenvalue weighted by Gasteiger charge is -2.32. The van der Waals surface area contributed by atoms with Gasteiger partial charge < -0.3 is 10.4 Å². The molecule has 1 saturated heterocycles. The lowest BCUT2D eigenvalue weighted by Crippen LogP contribution is -2.53. The molecule has 1 aliphatic rings. The minimum Gasteiger partial charge on any atom is -0.395 e. The summed E-state index contributed by atoms with van der Waals surface area (Å²) >= 11 is 0. The van der Waals surface area contributed by atoms with Crippen LogP contribution in [0.15, 0.2) is 18.2 Å². The molecule has 0 saturated carbocycles. The van der Waals surface area contributed by atoms with Crippen molar-refractivity contribution in [2.75, 3.05) is 19.7 Å². The number of carbonyl (C=O) groups excluding carboxylic acids is 1. The summed E-state index contributed by atoms with van der Waals surface area (Å²) in [5.74, 6) is 5.23. The van der Waals surface area contributed by atoms with Crippen molar-refractivity contribution >= 4 is 5.91 Å². The minimum absolute atomic E-state index is 0.00246. The van der Waals surface area contributed by atoms with Crippen LogP contribution in [0, 0.1) is 17.7 Å². The summed E-state index contributed by atoms with van der Waals surface area (Å²) < 4.78 is 14.1. The third-order valence-electron chi connectivity index (χ3n) is 3.52. The fourth-order valence-corrected chi connectivity index (χ4v) is 2.24. The molecule has 2 rings (SSSR count). The second-order valence-corrected chi connectivity index (χ2v) is 5.02. The van der Waals surface area contributed by atoms with Crippen LogP contribution in [0.2, 0.25) is 0 Å². The average molecular weight is 290 g/mol. The first-order valence-electron chi connectivity index (χ1n) is 7.01. The molecule has 0 radical (unpaired) electrons. The van der Waals surface area contributed by atoms with Gasteiger partial charge >= 0.3 is 0 Å². The maximum absolute atomic E-state index is 14.1. The lowest BCUT2D eigenvalue weighted by atomic mass is 10.1. The molecule has 1 fully saturated rings. The molecular weight excluding hydrogens is 271 g/mol. The first-order chi connectivity index (χ1) is 10.1. The van der Waals surface area contributed by atoms with Crippen LogP contribution in [0.1, 0.15) is 24.5 Å². The zero-order valence-electron chi connectivity index (χ0n) is 12.0. The summed E-state index contributed by atoms with van der Waals surface area (Å²) in [5.41, 5.74) is 1.15. The quantitative estimate of drug-likeness (QED) is 0.813. The molecule has 1 aliphatic heterocycles. The second-order valence-electron chi connectivity index (χ2n) is 5.02. The molecule has 1 heterocycles. The third kappa shape index (κ3) is 4.03. The molecule has 0 spiro atoms. The standard InChI is InChI=1S/C16H19FN2O2/c1-12-16(21)18-7-8-19(12)11-14-6-5-13(10-15(14)17)4-2-3-9-20/h5-6,10,12,20H,3,7-9,11H2,1H3,(H,18,21). The smallest absolute Gasteiger partial charge is 0.237 e. The van der Waals surface area contributed by atoms with E-state index in [9.17, 15) is 9.18 Å². The van der Waals surface area contributed by atoms with Crippen molar-refractivity contribution in [3.8, 4) is 11.8 Å². The van der Waals surface area contributed by atoms with Gasteiger partial charge in [0.1, 0.15) is 5.82 Å². The number of hydrogen-bond acceptors (Lipinski definition) is 3. The molecule has 0 aromatic heterocycles. The Bertz CT molecular complexity index is 577. The molecule has 0 aliphatic carbocycles. The number of nitrogens with zero attached hydrogens (tertiary/aromatic N) is 1. The number of aliphatic hydroxyl groups is 1. The molecule has 112 valence electrons. The highest BCUT2D eigenvalue weighted by molar-refractivity contribution is 5.81. The highest BCUT2D eigenvalue weighted by atomic mass is 19.1. The Morgan fingerprint density at radius 2 is 2.33 bits per heavy atom. The predicted octanol–water partition coefficient (Wildman–Crippen LogP) is 0.880. The molecule has 0 bridgehead atoms. The summed E-state index contributed by atoms with van der Waals surface area (Å²) in [6, 6.07) is 4.62. The van der Waals surface area contributed by atoms with Gasteiger partial charge in [-0.2, -0.15) is 0 Å². The van der Waals surface area contributed by atoms with Gasteiger partial charge in [0, 0.05) is 37.2 Å². The van der Waals surface area contributed by atoms with Gasteiger partial charge in [0.25, 0.3) is 0 Å². The molecule has 1 amide bonds. The van der Waals surface area contributed by atoms with E-state index in [2.05, 4.69) is 17.2 Å². The molecule has 1 unspecified atom stereocenters. The lowest BCUT2D eigenvalue weighted by molar-refractivity contribution is -0.128. The Morgan fingerprint density at radius 3 is 3.05 bits per heavy atom. The largest absolute Gasteiger partial charge is 0.395 e. The number of rotatable bonds is 3. The van der Waals surface area contributed by atoms with Crippen molar-refractivity contribution < 1.29 is 14.3 Å². The van der Waals surface area contributed by atoms with E-state index < -0.39 is 0 Å². The molecule has 21 heavy (non-hydrogen) atoms. The van der Waals surface area contributed by atoms with Gasteiger partial charge in [0.05, 0.1) is 12.6 Å². The van der Waals surface area contributed by atoms with Crippen molar-refractivity contribution in [2.24, 2.45) is 0 Å². The Labute approximate surface area is 124 Å². The van der Waals surface area contributed by atoms with Crippen LogP contribution >= 0.6 is 0 Å². The number of nitrogens with one attached hydrogen (secondary N) is 1. The summed E-state index contributed by atoms with van der Waals surface area (Å²) in [7, 11) is 0. The Morgan fingerprint density at radius 1 is 1.52 bits per heavy atom. The van der Waals surface area contributed by atoms with Gasteiger partial charge in [-0.25, -0.2) is 4.39 Å². The van der Waals surface area contributed by atoms with Gasteiger partial charge in [-0.3, -0.25) is 9.69 Å². The van der Waals surface area contributed by atoms with E-state index in [1.807, 2.05) is 11.8 Å². The number of piperazine rings is 1. The van der Waals surface area contributed by atoms with Crippen LogP contribution in [-0.4, -0.2) is 41.7 Å². The van der Waals surface area contributed by atoms with Crippen molar-refractivity contribution in [1.82, 2.24) is 10.2 Å². The highest BCUT2D eigenvalue weighted by Crippen LogP contribution is 2.15. The molecule has 4 nitrogen and oxygen atoms in total. The normalized spacial score (nSPS) is 18.8. The van der Waals surface area contributed by atoms with E-state index in [1.54, 1.807) is 12.1 Å². The van der Waals surface area contributed by atoms with Gasteiger partial charge in [-0.05, 0) is 19.1 Å². The maximum Gasteiger partial charge on any atom is 0.237 e. The van der Waals surface area contributed by atoms with Gasteiger partial charge in [0.2, 0.25) is 5.91 Å². The Kier molecular flexibility index (Phi) is 5.32. The van der Waals surface area contributed by atoms with Gasteiger partial charge in [0.15, 0.2) is 0 Å². The Balaban J connectivity index is 2.07. The van der Waals surface area contributed by atoms with Crippen LogP contribution < -0.4 is 5.32 Å². The van der Waals surface area contributed by atoms with E-state index in [0.717, 1.165) is 0 Å². The summed E-state index contributed by atoms with van der Waals surface area (Å²) in [6.07, 6.45) is 0.379. The van der Waals surface area contributed by atoms with Crippen LogP contribution in [0.3, 0.4) is 0 Å². The van der Waals surface area contributed by atoms with E-state index in [1.165, 1.54) is 6.07 Å². The summed E-state index contributed by atoms with van der Waals surface area (Å²) in [6.45, 7) is 3.54. The predicted molar refractivity (Wildman–Crippen MR) is 77.9 cm³/mol. The van der Waals surface area contributed by atoms with Crippen molar-refractivity contribution in [3.63, 3.8) is 0 Å². The van der Waals surface area contributed by atoms with Crippen LogP contribution in [0.25, 0.3) is 0 Å². The molecule has 2 N–H and O–H groups in total. The number of hydrogen-bond donors (Lipinski definition) is 2. The van der Waals surface area contributed by atoms with Gasteiger partial charge in [-0.15, -0.1) is 0 Å². The first-order valence-corrected chi connectivity index (χ1v) is 7.01. The third-order valence-corrected chi connectivity index (χ3v) is 3.52.